The van der Waals surface area contributed by atoms with Gasteiger partial charge in [-0.2, -0.15) is 0 Å². The van der Waals surface area contributed by atoms with Crippen LogP contribution in [0, 0.1) is 6.92 Å². The first-order valence-electron chi connectivity index (χ1n) is 8.04. The highest BCUT2D eigenvalue weighted by Gasteiger charge is 2.33. The minimum atomic E-state index is -0.548. The van der Waals surface area contributed by atoms with Crippen LogP contribution in [0.25, 0.3) is 0 Å². The van der Waals surface area contributed by atoms with Crippen LogP contribution in [-0.2, 0) is 13.1 Å². The lowest BCUT2D eigenvalue weighted by molar-refractivity contribution is 0.00397. The summed E-state index contributed by atoms with van der Waals surface area (Å²) in [6.45, 7) is 4.11. The Hall–Kier alpha value is -1.65. The summed E-state index contributed by atoms with van der Waals surface area (Å²) in [6, 6.07) is 12.4. The van der Waals surface area contributed by atoms with Gasteiger partial charge in [0.25, 0.3) is 0 Å². The second-order valence-electron chi connectivity index (χ2n) is 6.49. The molecule has 1 aromatic heterocycles. The van der Waals surface area contributed by atoms with E-state index in [2.05, 4.69) is 34.3 Å². The highest BCUT2D eigenvalue weighted by atomic mass is 16.5. The average molecular weight is 300 g/mol. The van der Waals surface area contributed by atoms with Crippen LogP contribution in [0.4, 0.5) is 0 Å². The van der Waals surface area contributed by atoms with Gasteiger partial charge in [0.15, 0.2) is 0 Å². The van der Waals surface area contributed by atoms with Gasteiger partial charge in [0.05, 0.1) is 11.3 Å². The molecule has 0 aliphatic heterocycles. The lowest BCUT2D eigenvalue weighted by atomic mass is 10.0. The Morgan fingerprint density at radius 2 is 1.91 bits per heavy atom. The summed E-state index contributed by atoms with van der Waals surface area (Å²) in [5.41, 5.74) is 1.63. The Balaban J connectivity index is 1.72. The number of aryl methyl sites for hydroxylation is 1. The Labute approximate surface area is 131 Å². The van der Waals surface area contributed by atoms with Crippen LogP contribution in [0.1, 0.15) is 42.7 Å². The van der Waals surface area contributed by atoms with Crippen molar-refractivity contribution in [2.75, 3.05) is 6.54 Å². The fourth-order valence-electron chi connectivity index (χ4n) is 3.34. The molecular formula is C18H24N2O2. The van der Waals surface area contributed by atoms with Crippen LogP contribution < -0.4 is 0 Å². The molecule has 1 aliphatic carbocycles. The molecule has 1 heterocycles. The van der Waals surface area contributed by atoms with E-state index in [1.165, 1.54) is 5.56 Å². The van der Waals surface area contributed by atoms with Gasteiger partial charge < -0.3 is 9.63 Å². The van der Waals surface area contributed by atoms with Gasteiger partial charge in [-0.25, -0.2) is 0 Å². The van der Waals surface area contributed by atoms with Crippen molar-refractivity contribution in [2.24, 2.45) is 0 Å². The lowest BCUT2D eigenvalue weighted by Gasteiger charge is -2.31. The Morgan fingerprint density at radius 1 is 1.18 bits per heavy atom. The molecule has 0 radical (unpaired) electrons. The first-order chi connectivity index (χ1) is 10.6. The molecule has 1 aromatic carbocycles. The quantitative estimate of drug-likeness (QED) is 0.889. The van der Waals surface area contributed by atoms with Crippen molar-refractivity contribution in [3.8, 4) is 0 Å². The predicted molar refractivity (Wildman–Crippen MR) is 85.2 cm³/mol. The minimum absolute atomic E-state index is 0.548. The van der Waals surface area contributed by atoms with Gasteiger partial charge in [-0.15, -0.1) is 0 Å². The van der Waals surface area contributed by atoms with E-state index in [0.29, 0.717) is 13.1 Å². The molecule has 4 heteroatoms. The smallest absolute Gasteiger partial charge is 0.133 e. The molecule has 1 saturated carbocycles. The van der Waals surface area contributed by atoms with E-state index in [4.69, 9.17) is 4.52 Å². The highest BCUT2D eigenvalue weighted by molar-refractivity contribution is 5.15. The molecular weight excluding hydrogens is 276 g/mol. The number of hydrogen-bond donors (Lipinski definition) is 1. The molecule has 3 rings (SSSR count). The lowest BCUT2D eigenvalue weighted by Crippen LogP contribution is -2.40. The molecule has 4 nitrogen and oxygen atoms in total. The fourth-order valence-corrected chi connectivity index (χ4v) is 3.34. The van der Waals surface area contributed by atoms with Crippen LogP contribution in [0.5, 0.6) is 0 Å². The third-order valence-corrected chi connectivity index (χ3v) is 4.36. The number of nitrogens with zero attached hydrogens (tertiary/aromatic N) is 2. The predicted octanol–water partition coefficient (Wildman–Crippen LogP) is 3.29. The Kier molecular flexibility index (Phi) is 4.60. The van der Waals surface area contributed by atoms with Gasteiger partial charge >= 0.3 is 0 Å². The second kappa shape index (κ2) is 6.63. The van der Waals surface area contributed by atoms with Gasteiger partial charge in [-0.05, 0) is 25.3 Å². The molecule has 1 aliphatic rings. The topological polar surface area (TPSA) is 49.5 Å². The number of aromatic nitrogens is 1. The second-order valence-corrected chi connectivity index (χ2v) is 6.49. The van der Waals surface area contributed by atoms with Crippen molar-refractivity contribution < 1.29 is 9.63 Å². The van der Waals surface area contributed by atoms with Crippen molar-refractivity contribution in [2.45, 2.75) is 51.3 Å². The van der Waals surface area contributed by atoms with Crippen LogP contribution in [0.2, 0.25) is 0 Å². The van der Waals surface area contributed by atoms with Crippen molar-refractivity contribution >= 4 is 0 Å². The van der Waals surface area contributed by atoms with E-state index in [1.807, 2.05) is 19.1 Å². The maximum absolute atomic E-state index is 10.7. The first kappa shape index (κ1) is 15.3. The summed E-state index contributed by atoms with van der Waals surface area (Å²) in [6.07, 6.45) is 4.05. The zero-order valence-electron chi connectivity index (χ0n) is 13.2. The summed E-state index contributed by atoms with van der Waals surface area (Å²) in [5, 5.41) is 14.8. The molecule has 118 valence electrons. The Morgan fingerprint density at radius 3 is 2.55 bits per heavy atom. The number of rotatable bonds is 6. The Bertz CT molecular complexity index is 588. The third kappa shape index (κ3) is 3.96. The normalized spacial score (nSPS) is 17.2. The molecule has 0 amide bonds. The summed E-state index contributed by atoms with van der Waals surface area (Å²) < 4.78 is 5.17. The summed E-state index contributed by atoms with van der Waals surface area (Å²) in [7, 11) is 0. The molecule has 0 atom stereocenters. The largest absolute Gasteiger partial charge is 0.389 e. The zero-order chi connectivity index (χ0) is 15.4. The maximum atomic E-state index is 10.7. The first-order valence-corrected chi connectivity index (χ1v) is 8.04. The number of benzene rings is 1. The number of hydrogen-bond acceptors (Lipinski definition) is 4. The SMILES string of the molecule is Cc1cc(CN(Cc2ccccc2)CC2(O)CCCC2)no1. The van der Waals surface area contributed by atoms with Gasteiger partial charge in [0.1, 0.15) is 5.76 Å². The van der Waals surface area contributed by atoms with Crippen molar-refractivity contribution in [1.29, 1.82) is 0 Å². The molecule has 0 spiro atoms. The van der Waals surface area contributed by atoms with Gasteiger partial charge in [-0.3, -0.25) is 4.90 Å². The average Bonchev–Trinajstić information content (AvgIpc) is 3.09. The van der Waals surface area contributed by atoms with Crippen molar-refractivity contribution in [1.82, 2.24) is 10.1 Å². The summed E-state index contributed by atoms with van der Waals surface area (Å²) >= 11 is 0. The summed E-state index contributed by atoms with van der Waals surface area (Å²) in [4.78, 5) is 2.28. The van der Waals surface area contributed by atoms with Crippen molar-refractivity contribution in [3.63, 3.8) is 0 Å². The van der Waals surface area contributed by atoms with E-state index in [1.54, 1.807) is 0 Å². The van der Waals surface area contributed by atoms with Crippen LogP contribution in [0.15, 0.2) is 40.9 Å². The van der Waals surface area contributed by atoms with Crippen LogP contribution in [-0.4, -0.2) is 27.3 Å². The third-order valence-electron chi connectivity index (χ3n) is 4.36. The van der Waals surface area contributed by atoms with Crippen molar-refractivity contribution in [3.05, 3.63) is 53.4 Å². The van der Waals surface area contributed by atoms with E-state index in [9.17, 15) is 5.11 Å². The monoisotopic (exact) mass is 300 g/mol. The van der Waals surface area contributed by atoms with Crippen LogP contribution in [0.3, 0.4) is 0 Å². The van der Waals surface area contributed by atoms with Gasteiger partial charge in [0, 0.05) is 25.7 Å². The summed E-state index contributed by atoms with van der Waals surface area (Å²) in [5.74, 6) is 0.828. The molecule has 0 bridgehead atoms. The van der Waals surface area contributed by atoms with E-state index in [0.717, 1.165) is 43.7 Å². The minimum Gasteiger partial charge on any atom is -0.389 e. The van der Waals surface area contributed by atoms with Gasteiger partial charge in [0.2, 0.25) is 0 Å². The molecule has 2 aromatic rings. The molecule has 1 fully saturated rings. The highest BCUT2D eigenvalue weighted by Crippen LogP contribution is 2.31. The maximum Gasteiger partial charge on any atom is 0.133 e. The zero-order valence-corrected chi connectivity index (χ0v) is 13.2. The standard InChI is InChI=1S/C18H24N2O2/c1-15-11-17(19-22-15)13-20(12-16-7-3-2-4-8-16)14-18(21)9-5-6-10-18/h2-4,7-8,11,21H,5-6,9-10,12-14H2,1H3. The fraction of sp³-hybridized carbons (Fsp3) is 0.500. The number of aliphatic hydroxyl groups is 1. The molecule has 1 N–H and O–H groups in total. The van der Waals surface area contributed by atoms with E-state index < -0.39 is 5.60 Å². The van der Waals surface area contributed by atoms with E-state index >= 15 is 0 Å². The molecule has 22 heavy (non-hydrogen) atoms. The van der Waals surface area contributed by atoms with Gasteiger partial charge in [-0.1, -0.05) is 48.3 Å². The molecule has 0 saturated heterocycles. The van der Waals surface area contributed by atoms with E-state index in [-0.39, 0.29) is 0 Å². The molecule has 0 unspecified atom stereocenters. The van der Waals surface area contributed by atoms with Crippen LogP contribution >= 0.6 is 0 Å².